The molecule has 98 valence electrons. The highest BCUT2D eigenvalue weighted by Crippen LogP contribution is 2.19. The van der Waals surface area contributed by atoms with E-state index in [9.17, 15) is 9.59 Å². The van der Waals surface area contributed by atoms with Crippen molar-refractivity contribution in [2.24, 2.45) is 0 Å². The predicted octanol–water partition coefficient (Wildman–Crippen LogP) is 1.74. The Bertz CT molecular complexity index is 435. The van der Waals surface area contributed by atoms with E-state index in [1.54, 1.807) is 31.1 Å². The molecular formula is C12H16N2O3S. The van der Waals surface area contributed by atoms with Crippen molar-refractivity contribution in [2.75, 3.05) is 19.8 Å². The fourth-order valence-electron chi connectivity index (χ4n) is 1.25. The molecule has 6 heteroatoms. The molecule has 5 nitrogen and oxygen atoms in total. The van der Waals surface area contributed by atoms with E-state index in [-0.39, 0.29) is 11.6 Å². The number of aromatic nitrogens is 1. The first-order valence-electron chi connectivity index (χ1n) is 5.53. The zero-order chi connectivity index (χ0) is 13.5. The molecule has 18 heavy (non-hydrogen) atoms. The zero-order valence-corrected chi connectivity index (χ0v) is 11.2. The number of hydrogen-bond donors (Lipinski definition) is 1. The maximum Gasteiger partial charge on any atom is 0.354 e. The van der Waals surface area contributed by atoms with Crippen molar-refractivity contribution >= 4 is 23.6 Å². The minimum atomic E-state index is -1.03. The van der Waals surface area contributed by atoms with Gasteiger partial charge in [0.25, 0.3) is 0 Å². The molecule has 0 saturated carbocycles. The van der Waals surface area contributed by atoms with E-state index in [1.807, 2.05) is 0 Å². The number of amides is 1. The Balaban J connectivity index is 2.38. The molecule has 0 bridgehead atoms. The van der Waals surface area contributed by atoms with Crippen LogP contribution in [-0.2, 0) is 4.79 Å². The molecule has 1 aromatic rings. The van der Waals surface area contributed by atoms with Crippen molar-refractivity contribution in [1.29, 1.82) is 0 Å². The Kier molecular flexibility index (Phi) is 5.64. The van der Waals surface area contributed by atoms with Gasteiger partial charge in [-0.25, -0.2) is 9.78 Å². The Morgan fingerprint density at radius 1 is 1.44 bits per heavy atom. The summed E-state index contributed by atoms with van der Waals surface area (Å²) in [6.07, 6.45) is 2.76. The second kappa shape index (κ2) is 7.00. The SMILES string of the molecule is CN(C)C(=O)CCCSc1ccnc(C(=O)O)c1. The standard InChI is InChI=1S/C12H16N2O3S/c1-14(2)11(15)4-3-7-18-9-5-6-13-10(8-9)12(16)17/h5-6,8H,3-4,7H2,1-2H3,(H,16,17). The van der Waals surface area contributed by atoms with Crippen LogP contribution in [0.4, 0.5) is 0 Å². The van der Waals surface area contributed by atoms with Crippen LogP contribution < -0.4 is 0 Å². The lowest BCUT2D eigenvalue weighted by Gasteiger charge is -2.09. The molecule has 0 saturated heterocycles. The lowest BCUT2D eigenvalue weighted by atomic mass is 10.3. The van der Waals surface area contributed by atoms with Gasteiger partial charge in [0.05, 0.1) is 0 Å². The molecule has 1 amide bonds. The molecule has 0 aliphatic rings. The lowest BCUT2D eigenvalue weighted by Crippen LogP contribution is -2.21. The summed E-state index contributed by atoms with van der Waals surface area (Å²) >= 11 is 1.53. The van der Waals surface area contributed by atoms with E-state index in [0.29, 0.717) is 6.42 Å². The number of hydrogen-bond acceptors (Lipinski definition) is 4. The van der Waals surface area contributed by atoms with Crippen LogP contribution in [0, 0.1) is 0 Å². The molecule has 0 aliphatic heterocycles. The van der Waals surface area contributed by atoms with Gasteiger partial charge in [0.1, 0.15) is 5.69 Å². The summed E-state index contributed by atoms with van der Waals surface area (Å²) in [6.45, 7) is 0. The largest absolute Gasteiger partial charge is 0.477 e. The first-order valence-corrected chi connectivity index (χ1v) is 6.51. The number of rotatable bonds is 6. The van der Waals surface area contributed by atoms with Crippen LogP contribution in [0.15, 0.2) is 23.2 Å². The van der Waals surface area contributed by atoms with Gasteiger partial charge in [-0.05, 0) is 24.3 Å². The summed E-state index contributed by atoms with van der Waals surface area (Å²) in [5, 5.41) is 8.79. The van der Waals surface area contributed by atoms with Crippen LogP contribution in [-0.4, -0.2) is 46.7 Å². The number of carbonyl (C=O) groups is 2. The van der Waals surface area contributed by atoms with Gasteiger partial charge >= 0.3 is 5.97 Å². The number of thioether (sulfide) groups is 1. The second-order valence-corrected chi connectivity index (χ2v) is 5.09. The van der Waals surface area contributed by atoms with E-state index < -0.39 is 5.97 Å². The van der Waals surface area contributed by atoms with Gasteiger partial charge in [0, 0.05) is 31.6 Å². The van der Waals surface area contributed by atoms with Crippen LogP contribution in [0.25, 0.3) is 0 Å². The fraction of sp³-hybridized carbons (Fsp3) is 0.417. The van der Waals surface area contributed by atoms with Crippen LogP contribution in [0.3, 0.4) is 0 Å². The Morgan fingerprint density at radius 2 is 2.17 bits per heavy atom. The van der Waals surface area contributed by atoms with Crippen LogP contribution in [0.5, 0.6) is 0 Å². The number of pyridine rings is 1. The summed E-state index contributed by atoms with van der Waals surface area (Å²) in [5.74, 6) is -0.139. The van der Waals surface area contributed by atoms with Crippen molar-refractivity contribution < 1.29 is 14.7 Å². The van der Waals surface area contributed by atoms with Crippen molar-refractivity contribution in [3.05, 3.63) is 24.0 Å². The molecule has 1 rings (SSSR count). The average molecular weight is 268 g/mol. The molecule has 0 aromatic carbocycles. The molecule has 0 aliphatic carbocycles. The third kappa shape index (κ3) is 4.75. The maximum absolute atomic E-state index is 11.3. The Hall–Kier alpha value is -1.56. The highest BCUT2D eigenvalue weighted by Gasteiger charge is 2.06. The molecule has 0 spiro atoms. The van der Waals surface area contributed by atoms with Crippen LogP contribution in [0.2, 0.25) is 0 Å². The fourth-order valence-corrected chi connectivity index (χ4v) is 2.13. The summed E-state index contributed by atoms with van der Waals surface area (Å²) in [6, 6.07) is 3.31. The molecule has 0 atom stereocenters. The summed E-state index contributed by atoms with van der Waals surface area (Å²) in [4.78, 5) is 28.2. The van der Waals surface area contributed by atoms with Crippen molar-refractivity contribution in [2.45, 2.75) is 17.7 Å². The summed E-state index contributed by atoms with van der Waals surface area (Å²) in [7, 11) is 3.47. The summed E-state index contributed by atoms with van der Waals surface area (Å²) < 4.78 is 0. The van der Waals surface area contributed by atoms with Gasteiger partial charge in [-0.3, -0.25) is 4.79 Å². The molecule has 0 fully saturated rings. The second-order valence-electron chi connectivity index (χ2n) is 3.92. The number of carbonyl (C=O) groups excluding carboxylic acids is 1. The zero-order valence-electron chi connectivity index (χ0n) is 10.4. The topological polar surface area (TPSA) is 70.5 Å². The third-order valence-corrected chi connectivity index (χ3v) is 3.33. The smallest absolute Gasteiger partial charge is 0.354 e. The number of nitrogens with zero attached hydrogens (tertiary/aromatic N) is 2. The average Bonchev–Trinajstić information content (AvgIpc) is 2.34. The van der Waals surface area contributed by atoms with Crippen molar-refractivity contribution in [3.63, 3.8) is 0 Å². The van der Waals surface area contributed by atoms with Crippen LogP contribution in [0.1, 0.15) is 23.3 Å². The molecule has 0 radical (unpaired) electrons. The maximum atomic E-state index is 11.3. The minimum Gasteiger partial charge on any atom is -0.477 e. The monoisotopic (exact) mass is 268 g/mol. The van der Waals surface area contributed by atoms with E-state index >= 15 is 0 Å². The van der Waals surface area contributed by atoms with E-state index in [4.69, 9.17) is 5.11 Å². The first-order chi connectivity index (χ1) is 8.50. The molecule has 1 heterocycles. The Labute approximate surface area is 110 Å². The predicted molar refractivity (Wildman–Crippen MR) is 69.8 cm³/mol. The molecular weight excluding hydrogens is 252 g/mol. The molecule has 0 unspecified atom stereocenters. The van der Waals surface area contributed by atoms with E-state index in [0.717, 1.165) is 17.1 Å². The highest BCUT2D eigenvalue weighted by atomic mass is 32.2. The molecule has 1 N–H and O–H groups in total. The normalized spacial score (nSPS) is 10.1. The van der Waals surface area contributed by atoms with Crippen molar-refractivity contribution in [1.82, 2.24) is 9.88 Å². The van der Waals surface area contributed by atoms with Gasteiger partial charge in [0.15, 0.2) is 0 Å². The van der Waals surface area contributed by atoms with E-state index in [2.05, 4.69) is 4.98 Å². The molecule has 1 aromatic heterocycles. The number of carboxylic acids is 1. The van der Waals surface area contributed by atoms with Gasteiger partial charge in [0.2, 0.25) is 5.91 Å². The third-order valence-electron chi connectivity index (χ3n) is 2.25. The highest BCUT2D eigenvalue weighted by molar-refractivity contribution is 7.99. The first kappa shape index (κ1) is 14.5. The lowest BCUT2D eigenvalue weighted by molar-refractivity contribution is -0.128. The van der Waals surface area contributed by atoms with E-state index in [1.165, 1.54) is 18.0 Å². The van der Waals surface area contributed by atoms with Crippen LogP contribution >= 0.6 is 11.8 Å². The quantitative estimate of drug-likeness (QED) is 0.628. The minimum absolute atomic E-state index is 0.0457. The van der Waals surface area contributed by atoms with Crippen molar-refractivity contribution in [3.8, 4) is 0 Å². The number of aromatic carboxylic acids is 1. The van der Waals surface area contributed by atoms with Gasteiger partial charge in [-0.15, -0.1) is 11.8 Å². The van der Waals surface area contributed by atoms with Gasteiger partial charge < -0.3 is 10.0 Å². The van der Waals surface area contributed by atoms with Gasteiger partial charge in [-0.2, -0.15) is 0 Å². The van der Waals surface area contributed by atoms with Gasteiger partial charge in [-0.1, -0.05) is 0 Å². The summed E-state index contributed by atoms with van der Waals surface area (Å²) in [5.41, 5.74) is 0.0457. The Morgan fingerprint density at radius 3 is 2.78 bits per heavy atom. The number of carboxylic acid groups (broad SMARTS) is 1.